The van der Waals surface area contributed by atoms with Gasteiger partial charge in [-0.05, 0) is 25.2 Å². The van der Waals surface area contributed by atoms with Crippen LogP contribution in [0.3, 0.4) is 0 Å². The van der Waals surface area contributed by atoms with Crippen LogP contribution in [-0.2, 0) is 9.53 Å². The van der Waals surface area contributed by atoms with Gasteiger partial charge < -0.3 is 15.4 Å². The lowest BCUT2D eigenvalue weighted by atomic mass is 9.89. The average molecular weight is 279 g/mol. The van der Waals surface area contributed by atoms with Gasteiger partial charge in [-0.2, -0.15) is 0 Å². The number of carbonyl (C=O) groups is 1. The van der Waals surface area contributed by atoms with E-state index in [1.807, 2.05) is 4.90 Å². The van der Waals surface area contributed by atoms with Crippen LogP contribution in [0.15, 0.2) is 0 Å². The lowest BCUT2D eigenvalue weighted by Crippen LogP contribution is -2.53. The van der Waals surface area contributed by atoms with Crippen molar-refractivity contribution in [2.75, 3.05) is 20.3 Å². The van der Waals surface area contributed by atoms with E-state index < -0.39 is 6.04 Å². The van der Waals surface area contributed by atoms with Crippen LogP contribution in [0.1, 0.15) is 39.5 Å². The molecule has 0 aromatic carbocycles. The molecule has 3 unspecified atom stereocenters. The molecule has 0 saturated carbocycles. The molecule has 0 aromatic rings. The number of hydrogen-bond donors (Lipinski definition) is 1. The fraction of sp³-hybridized carbons (Fsp3) is 0.923. The molecule has 1 amide bonds. The van der Waals surface area contributed by atoms with Gasteiger partial charge in [0.25, 0.3) is 0 Å². The highest BCUT2D eigenvalue weighted by molar-refractivity contribution is 5.85. The first-order valence-corrected chi connectivity index (χ1v) is 6.66. The Morgan fingerprint density at radius 2 is 2.17 bits per heavy atom. The second kappa shape index (κ2) is 8.73. The van der Waals surface area contributed by atoms with E-state index in [-0.39, 0.29) is 18.3 Å². The molecule has 1 aliphatic rings. The van der Waals surface area contributed by atoms with Crippen molar-refractivity contribution in [1.82, 2.24) is 4.90 Å². The first kappa shape index (κ1) is 17.7. The highest BCUT2D eigenvalue weighted by Gasteiger charge is 2.32. The van der Waals surface area contributed by atoms with Crippen molar-refractivity contribution in [1.29, 1.82) is 0 Å². The summed E-state index contributed by atoms with van der Waals surface area (Å²) in [6, 6.07) is -0.145. The van der Waals surface area contributed by atoms with Gasteiger partial charge in [-0.15, -0.1) is 12.4 Å². The number of hydrogen-bond acceptors (Lipinski definition) is 3. The zero-order chi connectivity index (χ0) is 12.8. The van der Waals surface area contributed by atoms with Crippen molar-refractivity contribution in [2.45, 2.75) is 51.6 Å². The molecule has 0 radical (unpaired) electrons. The lowest BCUT2D eigenvalue weighted by molar-refractivity contribution is -0.138. The zero-order valence-electron chi connectivity index (χ0n) is 11.7. The maximum atomic E-state index is 12.2. The molecular formula is C13H27ClN2O2. The summed E-state index contributed by atoms with van der Waals surface area (Å²) >= 11 is 0. The number of piperidine rings is 1. The summed E-state index contributed by atoms with van der Waals surface area (Å²) in [5.74, 6) is 0.603. The van der Waals surface area contributed by atoms with Crippen LogP contribution in [-0.4, -0.2) is 43.2 Å². The number of carbonyl (C=O) groups excluding carboxylic acids is 1. The maximum absolute atomic E-state index is 12.2. The largest absolute Gasteiger partial charge is 0.383 e. The van der Waals surface area contributed by atoms with Gasteiger partial charge >= 0.3 is 0 Å². The molecule has 18 heavy (non-hydrogen) atoms. The van der Waals surface area contributed by atoms with Crippen molar-refractivity contribution in [2.24, 2.45) is 11.7 Å². The van der Waals surface area contributed by atoms with E-state index in [0.717, 1.165) is 25.8 Å². The Bertz CT molecular complexity index is 251. The molecule has 1 fully saturated rings. The number of ether oxygens (including phenoxy) is 1. The van der Waals surface area contributed by atoms with Gasteiger partial charge in [-0.25, -0.2) is 0 Å². The summed E-state index contributed by atoms with van der Waals surface area (Å²) in [5.41, 5.74) is 5.85. The van der Waals surface area contributed by atoms with Gasteiger partial charge in [0.05, 0.1) is 6.61 Å². The molecule has 2 N–H and O–H groups in total. The Morgan fingerprint density at radius 3 is 2.72 bits per heavy atom. The predicted octanol–water partition coefficient (Wildman–Crippen LogP) is 1.81. The SMILES string of the molecule is CCC(C)C1CCCCN1C(=O)C(N)COC.Cl. The van der Waals surface area contributed by atoms with E-state index in [0.29, 0.717) is 18.6 Å². The molecule has 1 aliphatic heterocycles. The Morgan fingerprint density at radius 1 is 1.50 bits per heavy atom. The Hall–Kier alpha value is -0.320. The Labute approximate surface area is 117 Å². The molecule has 0 spiro atoms. The predicted molar refractivity (Wildman–Crippen MR) is 75.9 cm³/mol. The van der Waals surface area contributed by atoms with E-state index >= 15 is 0 Å². The fourth-order valence-corrected chi connectivity index (χ4v) is 2.56. The number of methoxy groups -OCH3 is 1. The second-order valence-electron chi connectivity index (χ2n) is 5.04. The zero-order valence-corrected chi connectivity index (χ0v) is 12.5. The third-order valence-corrected chi connectivity index (χ3v) is 3.80. The number of rotatable bonds is 5. The van der Waals surface area contributed by atoms with Crippen molar-refractivity contribution in [3.05, 3.63) is 0 Å². The van der Waals surface area contributed by atoms with E-state index in [1.54, 1.807) is 7.11 Å². The smallest absolute Gasteiger partial charge is 0.242 e. The van der Waals surface area contributed by atoms with Crippen LogP contribution in [0.25, 0.3) is 0 Å². The van der Waals surface area contributed by atoms with E-state index in [2.05, 4.69) is 13.8 Å². The topological polar surface area (TPSA) is 55.6 Å². The number of nitrogens with two attached hydrogens (primary N) is 1. The first-order chi connectivity index (χ1) is 8.11. The molecule has 4 nitrogen and oxygen atoms in total. The summed E-state index contributed by atoms with van der Waals surface area (Å²) in [6.45, 7) is 5.56. The van der Waals surface area contributed by atoms with E-state index in [1.165, 1.54) is 6.42 Å². The molecule has 1 heterocycles. The molecule has 1 saturated heterocycles. The Kier molecular flexibility index (Phi) is 8.57. The summed E-state index contributed by atoms with van der Waals surface area (Å²) in [4.78, 5) is 14.2. The number of halogens is 1. The number of nitrogens with zero attached hydrogens (tertiary/aromatic N) is 1. The van der Waals surface area contributed by atoms with Crippen LogP contribution in [0.5, 0.6) is 0 Å². The highest BCUT2D eigenvalue weighted by atomic mass is 35.5. The molecule has 5 heteroatoms. The minimum atomic E-state index is -0.510. The molecule has 108 valence electrons. The van der Waals surface area contributed by atoms with Gasteiger partial charge in [0, 0.05) is 19.7 Å². The van der Waals surface area contributed by atoms with Crippen molar-refractivity contribution < 1.29 is 9.53 Å². The monoisotopic (exact) mass is 278 g/mol. The molecule has 0 aromatic heterocycles. The standard InChI is InChI=1S/C13H26N2O2.ClH/c1-4-10(2)12-7-5-6-8-15(12)13(16)11(14)9-17-3;/h10-12H,4-9,14H2,1-3H3;1H. The van der Waals surface area contributed by atoms with Crippen LogP contribution >= 0.6 is 12.4 Å². The Balaban J connectivity index is 0.00000289. The summed E-state index contributed by atoms with van der Waals surface area (Å²) < 4.78 is 4.97. The van der Waals surface area contributed by atoms with Crippen LogP contribution < -0.4 is 5.73 Å². The number of likely N-dealkylation sites (tertiary alicyclic amines) is 1. The molecule has 0 aliphatic carbocycles. The molecule has 3 atom stereocenters. The van der Waals surface area contributed by atoms with Crippen LogP contribution in [0.4, 0.5) is 0 Å². The van der Waals surface area contributed by atoms with Crippen LogP contribution in [0, 0.1) is 5.92 Å². The molecule has 1 rings (SSSR count). The van der Waals surface area contributed by atoms with Gasteiger partial charge in [0.15, 0.2) is 0 Å². The molecule has 0 bridgehead atoms. The third kappa shape index (κ3) is 4.41. The minimum absolute atomic E-state index is 0. The van der Waals surface area contributed by atoms with Gasteiger partial charge in [-0.1, -0.05) is 20.3 Å². The minimum Gasteiger partial charge on any atom is -0.383 e. The first-order valence-electron chi connectivity index (χ1n) is 6.66. The van der Waals surface area contributed by atoms with Crippen molar-refractivity contribution in [3.63, 3.8) is 0 Å². The van der Waals surface area contributed by atoms with Gasteiger partial charge in [0.1, 0.15) is 6.04 Å². The van der Waals surface area contributed by atoms with E-state index in [9.17, 15) is 4.79 Å². The van der Waals surface area contributed by atoms with Crippen LogP contribution in [0.2, 0.25) is 0 Å². The summed E-state index contributed by atoms with van der Waals surface area (Å²) in [7, 11) is 1.58. The average Bonchev–Trinajstić information content (AvgIpc) is 2.37. The van der Waals surface area contributed by atoms with Crippen molar-refractivity contribution >= 4 is 18.3 Å². The van der Waals surface area contributed by atoms with Crippen molar-refractivity contribution in [3.8, 4) is 0 Å². The van der Waals surface area contributed by atoms with Gasteiger partial charge in [0.2, 0.25) is 5.91 Å². The lowest BCUT2D eigenvalue weighted by Gasteiger charge is -2.40. The normalized spacial score (nSPS) is 23.1. The highest BCUT2D eigenvalue weighted by Crippen LogP contribution is 2.25. The van der Waals surface area contributed by atoms with Gasteiger partial charge in [-0.3, -0.25) is 4.79 Å². The second-order valence-corrected chi connectivity index (χ2v) is 5.04. The quantitative estimate of drug-likeness (QED) is 0.834. The molecular weight excluding hydrogens is 252 g/mol. The maximum Gasteiger partial charge on any atom is 0.242 e. The third-order valence-electron chi connectivity index (χ3n) is 3.80. The number of amides is 1. The summed E-state index contributed by atoms with van der Waals surface area (Å²) in [5, 5.41) is 0. The van der Waals surface area contributed by atoms with E-state index in [4.69, 9.17) is 10.5 Å². The fourth-order valence-electron chi connectivity index (χ4n) is 2.56. The summed E-state index contributed by atoms with van der Waals surface area (Å²) in [6.07, 6.45) is 4.53.